The van der Waals surface area contributed by atoms with Gasteiger partial charge in [-0.2, -0.15) is 0 Å². The summed E-state index contributed by atoms with van der Waals surface area (Å²) in [7, 11) is 0. The van der Waals surface area contributed by atoms with Crippen molar-refractivity contribution in [1.29, 1.82) is 0 Å². The fourth-order valence-electron chi connectivity index (χ4n) is 4.75. The Balaban J connectivity index is 1.22. The number of nitrogens with one attached hydrogen (secondary N) is 2. The zero-order valence-corrected chi connectivity index (χ0v) is 20.2. The topological polar surface area (TPSA) is 97.5 Å². The summed E-state index contributed by atoms with van der Waals surface area (Å²) in [6, 6.07) is 4.64. The largest absolute Gasteiger partial charge is 0.352 e. The highest BCUT2D eigenvalue weighted by atomic mass is 19.1. The minimum atomic E-state index is -0.541. The summed E-state index contributed by atoms with van der Waals surface area (Å²) in [5.74, 6) is -1.17. The predicted molar refractivity (Wildman–Crippen MR) is 132 cm³/mol. The van der Waals surface area contributed by atoms with Gasteiger partial charge in [-0.05, 0) is 31.4 Å². The Morgan fingerprint density at radius 3 is 2.56 bits per heavy atom. The molecule has 0 unspecified atom stereocenters. The Hall–Kier alpha value is -3.44. The lowest BCUT2D eigenvalue weighted by Gasteiger charge is -2.35. The number of nitrogens with zero attached hydrogens (tertiary/aromatic N) is 5. The van der Waals surface area contributed by atoms with Gasteiger partial charge in [0, 0.05) is 57.6 Å². The summed E-state index contributed by atoms with van der Waals surface area (Å²) in [5.41, 5.74) is 4.00. The van der Waals surface area contributed by atoms with Crippen LogP contribution in [0.5, 0.6) is 0 Å². The van der Waals surface area contributed by atoms with Gasteiger partial charge in [-0.1, -0.05) is 13.0 Å². The van der Waals surface area contributed by atoms with Crippen LogP contribution in [0.4, 0.5) is 14.6 Å². The van der Waals surface area contributed by atoms with Crippen LogP contribution in [-0.2, 0) is 13.0 Å². The molecule has 0 atom stereocenters. The Morgan fingerprint density at radius 1 is 1.11 bits per heavy atom. The summed E-state index contributed by atoms with van der Waals surface area (Å²) in [6.45, 7) is 5.96. The number of fused-ring (bicyclic) bond motifs is 1. The van der Waals surface area contributed by atoms with E-state index in [1.807, 2.05) is 16.8 Å². The number of rotatable bonds is 6. The minimum Gasteiger partial charge on any atom is -0.352 e. The molecule has 0 aliphatic carbocycles. The first-order valence-corrected chi connectivity index (χ1v) is 12.3. The van der Waals surface area contributed by atoms with Crippen molar-refractivity contribution < 1.29 is 13.6 Å². The van der Waals surface area contributed by atoms with E-state index >= 15 is 4.39 Å². The van der Waals surface area contributed by atoms with Crippen molar-refractivity contribution in [3.05, 3.63) is 63.2 Å². The van der Waals surface area contributed by atoms with E-state index in [0.29, 0.717) is 55.9 Å². The highest BCUT2D eigenvalue weighted by Gasteiger charge is 2.24. The molecule has 0 saturated carbocycles. The molecule has 2 saturated heterocycles. The molecular formula is C25H29F2N7O2. The summed E-state index contributed by atoms with van der Waals surface area (Å²) >= 11 is 0. The molecule has 190 valence electrons. The van der Waals surface area contributed by atoms with Gasteiger partial charge in [-0.3, -0.25) is 19.9 Å². The number of hydrogen-bond acceptors (Lipinski definition) is 7. The number of aromatic nitrogens is 3. The third kappa shape index (κ3) is 4.93. The van der Waals surface area contributed by atoms with E-state index in [2.05, 4.69) is 25.3 Å². The van der Waals surface area contributed by atoms with Gasteiger partial charge in [0.25, 0.3) is 11.5 Å². The van der Waals surface area contributed by atoms with Crippen molar-refractivity contribution in [1.82, 2.24) is 30.3 Å². The predicted octanol–water partition coefficient (Wildman–Crippen LogP) is 2.22. The first kappa shape index (κ1) is 24.3. The summed E-state index contributed by atoms with van der Waals surface area (Å²) in [5, 5.41) is 1.84. The molecule has 2 aliphatic rings. The third-order valence-corrected chi connectivity index (χ3v) is 6.81. The Morgan fingerprint density at radius 2 is 1.86 bits per heavy atom. The molecule has 1 amide bonds. The molecule has 0 spiro atoms. The van der Waals surface area contributed by atoms with Crippen molar-refractivity contribution in [2.45, 2.75) is 32.7 Å². The number of benzene rings is 1. The molecular weight excluding hydrogens is 468 g/mol. The fraction of sp³-hybridized carbons (Fsp3) is 0.440. The Bertz CT molecular complexity index is 1330. The third-order valence-electron chi connectivity index (χ3n) is 6.81. The van der Waals surface area contributed by atoms with E-state index in [1.165, 1.54) is 12.3 Å². The lowest BCUT2D eigenvalue weighted by atomic mass is 10.1. The highest BCUT2D eigenvalue weighted by Crippen LogP contribution is 2.22. The molecule has 3 aromatic rings. The molecule has 9 nitrogen and oxygen atoms in total. The summed E-state index contributed by atoms with van der Waals surface area (Å²) < 4.78 is 30.0. The Labute approximate surface area is 207 Å². The number of anilines is 1. The van der Waals surface area contributed by atoms with Crippen molar-refractivity contribution in [3.63, 3.8) is 0 Å². The molecule has 0 radical (unpaired) electrons. The monoisotopic (exact) mass is 497 g/mol. The number of carbonyl (C=O) groups excluding carboxylic acids is 1. The molecule has 2 N–H and O–H groups in total. The first-order chi connectivity index (χ1) is 17.4. The molecule has 2 fully saturated rings. The number of carbonyl (C=O) groups is 1. The van der Waals surface area contributed by atoms with Crippen molar-refractivity contribution >= 4 is 22.8 Å². The molecule has 5 rings (SSSR count). The van der Waals surface area contributed by atoms with Crippen LogP contribution in [0.2, 0.25) is 0 Å². The molecule has 1 aromatic carbocycles. The van der Waals surface area contributed by atoms with Gasteiger partial charge < -0.3 is 9.88 Å². The van der Waals surface area contributed by atoms with Crippen LogP contribution >= 0.6 is 0 Å². The quantitative estimate of drug-likeness (QED) is 0.539. The smallest absolute Gasteiger partial charge is 0.270 e. The van der Waals surface area contributed by atoms with Crippen molar-refractivity contribution in [2.75, 3.05) is 44.2 Å². The fourth-order valence-corrected chi connectivity index (χ4v) is 4.75. The van der Waals surface area contributed by atoms with E-state index in [0.717, 1.165) is 25.9 Å². The number of H-pyrrole nitrogens is 1. The van der Waals surface area contributed by atoms with Crippen LogP contribution in [0, 0.1) is 11.6 Å². The normalized spacial score (nSPS) is 17.1. The Kier molecular flexibility index (Phi) is 6.92. The summed E-state index contributed by atoms with van der Waals surface area (Å²) in [4.78, 5) is 39.5. The van der Waals surface area contributed by atoms with Crippen LogP contribution in [0.3, 0.4) is 0 Å². The average molecular weight is 498 g/mol. The molecule has 2 aromatic heterocycles. The SMILES string of the molecule is CCc1nc2ccc(CN3CCN(c4ncc(C(=O)NN5CCCC5)cc4F)CC3)c(F)c2[nH]c1=O. The molecule has 2 aliphatic heterocycles. The van der Waals surface area contributed by atoms with Crippen LogP contribution < -0.4 is 15.9 Å². The van der Waals surface area contributed by atoms with Gasteiger partial charge in [-0.25, -0.2) is 23.8 Å². The lowest BCUT2D eigenvalue weighted by Crippen LogP contribution is -2.46. The second-order valence-electron chi connectivity index (χ2n) is 9.23. The van der Waals surface area contributed by atoms with Gasteiger partial charge in [0.05, 0.1) is 11.1 Å². The van der Waals surface area contributed by atoms with E-state index in [9.17, 15) is 14.0 Å². The molecule has 0 bridgehead atoms. The van der Waals surface area contributed by atoms with E-state index in [4.69, 9.17) is 0 Å². The number of halogens is 2. The molecule has 11 heteroatoms. The van der Waals surface area contributed by atoms with Crippen LogP contribution in [0.25, 0.3) is 11.0 Å². The number of hydrogen-bond donors (Lipinski definition) is 2. The van der Waals surface area contributed by atoms with E-state index in [-0.39, 0.29) is 28.4 Å². The number of hydrazine groups is 1. The second kappa shape index (κ2) is 10.3. The van der Waals surface area contributed by atoms with Gasteiger partial charge in [0.1, 0.15) is 11.2 Å². The average Bonchev–Trinajstić information content (AvgIpc) is 3.39. The molecule has 4 heterocycles. The highest BCUT2D eigenvalue weighted by molar-refractivity contribution is 5.93. The second-order valence-corrected chi connectivity index (χ2v) is 9.23. The van der Waals surface area contributed by atoms with Gasteiger partial charge in [0.15, 0.2) is 17.5 Å². The van der Waals surface area contributed by atoms with Crippen LogP contribution in [0.1, 0.15) is 41.4 Å². The zero-order chi connectivity index (χ0) is 25.2. The van der Waals surface area contributed by atoms with Crippen molar-refractivity contribution in [3.8, 4) is 0 Å². The van der Waals surface area contributed by atoms with Crippen molar-refractivity contribution in [2.24, 2.45) is 0 Å². The standard InChI is InChI=1S/C25H29F2N7O2/c1-2-19-25(36)30-22-20(29-19)6-5-16(21(22)27)15-32-9-11-33(12-10-32)23-18(26)13-17(14-28-23)24(35)31-34-7-3-4-8-34/h5-6,13-14H,2-4,7-12,15H2,1H3,(H,30,36)(H,31,35). The van der Waals surface area contributed by atoms with Gasteiger partial charge in [0.2, 0.25) is 0 Å². The number of pyridine rings is 1. The minimum absolute atomic E-state index is 0.119. The number of amides is 1. The van der Waals surface area contributed by atoms with E-state index in [1.54, 1.807) is 12.1 Å². The lowest BCUT2D eigenvalue weighted by molar-refractivity contribution is 0.0825. The number of piperazine rings is 1. The maximum Gasteiger partial charge on any atom is 0.270 e. The first-order valence-electron chi connectivity index (χ1n) is 12.3. The number of aromatic amines is 1. The van der Waals surface area contributed by atoms with Crippen LogP contribution in [-0.4, -0.2) is 70.0 Å². The maximum atomic E-state index is 15.1. The van der Waals surface area contributed by atoms with Gasteiger partial charge >= 0.3 is 0 Å². The molecule has 36 heavy (non-hydrogen) atoms. The zero-order valence-electron chi connectivity index (χ0n) is 20.2. The number of aryl methyl sites for hydroxylation is 1. The van der Waals surface area contributed by atoms with E-state index < -0.39 is 11.6 Å². The maximum absolute atomic E-state index is 15.1. The van der Waals surface area contributed by atoms with Crippen LogP contribution in [0.15, 0.2) is 29.2 Å². The van der Waals surface area contributed by atoms with Gasteiger partial charge in [-0.15, -0.1) is 0 Å². The summed E-state index contributed by atoms with van der Waals surface area (Å²) in [6.07, 6.45) is 3.94.